The minimum Gasteiger partial charge on any atom is -0.477 e. The second-order valence-corrected chi connectivity index (χ2v) is 22.8. The number of nitrogens with two attached hydrogens (primary N) is 1. The van der Waals surface area contributed by atoms with E-state index in [4.69, 9.17) is 34.5 Å². The van der Waals surface area contributed by atoms with E-state index in [1.165, 1.54) is 12.4 Å². The fourth-order valence-electron chi connectivity index (χ4n) is 11.1. The van der Waals surface area contributed by atoms with Gasteiger partial charge in [0.1, 0.15) is 24.4 Å². The Morgan fingerprint density at radius 1 is 0.337 bits per heavy atom. The molecule has 2 amide bonds. The molecule has 11 aromatic rings. The van der Waals surface area contributed by atoms with Crippen LogP contribution in [0.3, 0.4) is 0 Å². The van der Waals surface area contributed by atoms with Crippen molar-refractivity contribution in [2.75, 3.05) is 0 Å². The number of ether oxygens (including phenoxy) is 4. The molecule has 4 N–H and O–H groups in total. The average Bonchev–Trinajstić information content (AvgIpc) is 1.20. The highest BCUT2D eigenvalue weighted by Crippen LogP contribution is 2.43. The van der Waals surface area contributed by atoms with E-state index in [1.807, 2.05) is 270 Å². The van der Waals surface area contributed by atoms with Crippen molar-refractivity contribution in [3.05, 3.63) is 358 Å². The molecule has 2 aromatic heterocycles. The van der Waals surface area contributed by atoms with Crippen LogP contribution in [0.1, 0.15) is 141 Å². The van der Waals surface area contributed by atoms with Gasteiger partial charge in [-0.2, -0.15) is 0 Å². The third kappa shape index (κ3) is 14.5. The van der Waals surface area contributed by atoms with Gasteiger partial charge >= 0.3 is 0 Å². The number of pyridine rings is 2. The maximum atomic E-state index is 13.3. The standard InChI is InChI=1S/C43H37N2O6.C35H35N2O4/c1-29(2)39(51-45-42(46)34-25-15-16-26-35(34)43(45)47)36-27-37(49-40(30-17-7-3-8-18-30)31-19-9-4-10-20-31)38(28-44(36)48)50-41(32-21-11-5-12-22-32)33-23-13-6-14-24-33;1-25(2)33(41-36)30-23-31(39-34(26-15-7-3-8-16-26)27-17-9-4-10-18-27)32(24-37(30)38)40-35(28-19-11-5-12-20-28)29-21-13-6-14-22-29/h3-29,39-41,48H,1-2H3;3-25,33-35,38H,36H2,1-2H3/q2*+1. The van der Waals surface area contributed by atoms with Gasteiger partial charge in [0.2, 0.25) is 11.5 Å². The highest BCUT2D eigenvalue weighted by molar-refractivity contribution is 6.20. The number of hydroxylamine groups is 2. The summed E-state index contributed by atoms with van der Waals surface area (Å²) in [6.45, 7) is 7.71. The van der Waals surface area contributed by atoms with Crippen molar-refractivity contribution >= 4 is 11.8 Å². The number of fused-ring (bicyclic) bond motifs is 1. The minimum absolute atomic E-state index is 0.0153. The molecule has 0 saturated carbocycles. The zero-order valence-corrected chi connectivity index (χ0v) is 51.4. The molecule has 1 aliphatic rings. The number of nitrogens with zero attached hydrogens (tertiary/aromatic N) is 3. The van der Waals surface area contributed by atoms with Crippen LogP contribution in [0.15, 0.2) is 291 Å². The van der Waals surface area contributed by atoms with Crippen LogP contribution in [0.4, 0.5) is 0 Å². The molecule has 14 nitrogen and oxygen atoms in total. The van der Waals surface area contributed by atoms with Gasteiger partial charge in [0.15, 0.2) is 23.7 Å². The molecule has 2 atom stereocenters. The molecule has 0 saturated heterocycles. The first-order valence-corrected chi connectivity index (χ1v) is 30.6. The van der Waals surface area contributed by atoms with Crippen LogP contribution in [-0.4, -0.2) is 27.3 Å². The maximum absolute atomic E-state index is 13.3. The Morgan fingerprint density at radius 2 is 0.565 bits per heavy atom. The van der Waals surface area contributed by atoms with Crippen LogP contribution in [0.2, 0.25) is 0 Å². The minimum atomic E-state index is -0.945. The summed E-state index contributed by atoms with van der Waals surface area (Å²) in [4.78, 5) is 38.1. The summed E-state index contributed by atoms with van der Waals surface area (Å²) in [5, 5.41) is 23.6. The average molecular weight is 1230 g/mol. The monoisotopic (exact) mass is 1220 g/mol. The van der Waals surface area contributed by atoms with Crippen LogP contribution in [0, 0.1) is 11.8 Å². The van der Waals surface area contributed by atoms with Gasteiger partial charge in [0.05, 0.1) is 23.3 Å². The molecule has 9 aromatic carbocycles. The van der Waals surface area contributed by atoms with E-state index in [-0.39, 0.29) is 34.4 Å². The summed E-state index contributed by atoms with van der Waals surface area (Å²) in [5.74, 6) is 5.63. The summed E-state index contributed by atoms with van der Waals surface area (Å²) in [7, 11) is 0. The number of carbonyl (C=O) groups is 2. The molecule has 14 heteroatoms. The number of hydrogen-bond acceptors (Lipinski definition) is 11. The van der Waals surface area contributed by atoms with Crippen molar-refractivity contribution in [1.29, 1.82) is 0 Å². The summed E-state index contributed by atoms with van der Waals surface area (Å²) >= 11 is 0. The lowest BCUT2D eigenvalue weighted by Gasteiger charge is -2.26. The van der Waals surface area contributed by atoms with Gasteiger partial charge in [0.25, 0.3) is 35.6 Å². The molecule has 0 aliphatic carbocycles. The lowest BCUT2D eigenvalue weighted by molar-refractivity contribution is -0.912. The first-order chi connectivity index (χ1) is 44.9. The third-order valence-corrected chi connectivity index (χ3v) is 15.8. The summed E-state index contributed by atoms with van der Waals surface area (Å²) in [6.07, 6.45) is -0.569. The number of carbonyl (C=O) groups excluding carboxylic acids is 2. The fourth-order valence-corrected chi connectivity index (χ4v) is 11.1. The number of hydrogen-bond donors (Lipinski definition) is 3. The molecule has 462 valence electrons. The number of imide groups is 1. The lowest BCUT2D eigenvalue weighted by atomic mass is 10.0. The van der Waals surface area contributed by atoms with Crippen molar-refractivity contribution < 1.29 is 58.1 Å². The van der Waals surface area contributed by atoms with E-state index in [0.29, 0.717) is 22.9 Å². The Morgan fingerprint density at radius 3 is 0.804 bits per heavy atom. The highest BCUT2D eigenvalue weighted by Gasteiger charge is 2.42. The predicted octanol–water partition coefficient (Wildman–Crippen LogP) is 15.6. The van der Waals surface area contributed by atoms with Crippen molar-refractivity contribution in [1.82, 2.24) is 5.06 Å². The number of aromatic nitrogens is 2. The Balaban J connectivity index is 0.000000193. The van der Waals surface area contributed by atoms with E-state index >= 15 is 0 Å². The molecule has 0 fully saturated rings. The normalized spacial score (nSPS) is 12.7. The van der Waals surface area contributed by atoms with E-state index in [1.54, 1.807) is 36.4 Å². The Labute approximate surface area is 535 Å². The van der Waals surface area contributed by atoms with Crippen molar-refractivity contribution in [3.63, 3.8) is 0 Å². The van der Waals surface area contributed by atoms with Gasteiger partial charge in [-0.1, -0.05) is 282 Å². The zero-order chi connectivity index (χ0) is 63.9. The number of rotatable bonds is 23. The maximum Gasteiger partial charge on any atom is 0.285 e. The molecular weight excluding hydrogens is 1150 g/mol. The predicted molar refractivity (Wildman–Crippen MR) is 348 cm³/mol. The van der Waals surface area contributed by atoms with Crippen LogP contribution in [0.5, 0.6) is 23.0 Å². The molecular formula is C78H72N4O10+2. The first-order valence-electron chi connectivity index (χ1n) is 30.6. The summed E-state index contributed by atoms with van der Waals surface area (Å²) in [6, 6.07) is 89.3. The quantitative estimate of drug-likeness (QED) is 0.0241. The molecule has 3 heterocycles. The number of amides is 2. The smallest absolute Gasteiger partial charge is 0.285 e. The van der Waals surface area contributed by atoms with Gasteiger partial charge in [0, 0.05) is 9.46 Å². The Bertz CT molecular complexity index is 3980. The molecule has 92 heavy (non-hydrogen) atoms. The third-order valence-electron chi connectivity index (χ3n) is 15.8. The molecule has 12 rings (SSSR count). The van der Waals surface area contributed by atoms with Crippen LogP contribution in [0.25, 0.3) is 0 Å². The SMILES string of the molecule is CC(C)C(ON)c1cc(OC(c2ccccc2)c2ccccc2)c(OC(c2ccccc2)c2ccccc2)c[n+]1O.CC(C)C(ON1C(=O)c2ccccc2C1=O)c1cc(OC(c2ccccc2)c2ccccc2)c(OC(c2ccccc2)c2ccccc2)c[n+]1O. The van der Waals surface area contributed by atoms with Crippen LogP contribution in [-0.2, 0) is 9.68 Å². The second kappa shape index (κ2) is 29.6. The Hall–Kier alpha value is -10.9. The van der Waals surface area contributed by atoms with Crippen molar-refractivity contribution in [2.24, 2.45) is 17.7 Å². The van der Waals surface area contributed by atoms with Gasteiger partial charge in [-0.3, -0.25) is 24.8 Å². The molecule has 0 radical (unpaired) electrons. The van der Waals surface area contributed by atoms with Gasteiger partial charge in [-0.25, -0.2) is 10.7 Å². The van der Waals surface area contributed by atoms with Crippen LogP contribution < -0.4 is 34.3 Å². The topological polar surface area (TPSA) is 167 Å². The van der Waals surface area contributed by atoms with E-state index in [0.717, 1.165) is 59.0 Å². The van der Waals surface area contributed by atoms with E-state index < -0.39 is 48.4 Å². The largest absolute Gasteiger partial charge is 0.477 e. The summed E-state index contributed by atoms with van der Waals surface area (Å²) < 4.78 is 29.2. The highest BCUT2D eigenvalue weighted by atomic mass is 16.7. The second-order valence-electron chi connectivity index (χ2n) is 22.8. The Kier molecular flexibility index (Phi) is 20.2. The van der Waals surface area contributed by atoms with E-state index in [9.17, 15) is 20.0 Å². The molecule has 1 aliphatic heterocycles. The van der Waals surface area contributed by atoms with Gasteiger partial charge in [-0.15, -0.1) is 5.06 Å². The van der Waals surface area contributed by atoms with E-state index in [2.05, 4.69) is 0 Å². The molecule has 0 spiro atoms. The lowest BCUT2D eigenvalue weighted by Crippen LogP contribution is -2.41. The summed E-state index contributed by atoms with van der Waals surface area (Å²) in [5.41, 5.74) is 8.71. The molecule has 0 bridgehead atoms. The zero-order valence-electron chi connectivity index (χ0n) is 51.4. The van der Waals surface area contributed by atoms with Gasteiger partial charge < -0.3 is 18.9 Å². The van der Waals surface area contributed by atoms with Crippen molar-refractivity contribution in [2.45, 2.75) is 64.3 Å². The van der Waals surface area contributed by atoms with Gasteiger partial charge in [-0.05, 0) is 68.5 Å². The van der Waals surface area contributed by atoms with Crippen LogP contribution >= 0.6 is 0 Å². The van der Waals surface area contributed by atoms with Crippen molar-refractivity contribution in [3.8, 4) is 23.0 Å². The first kappa shape index (κ1) is 62.7. The molecule has 2 unspecified atom stereocenters. The number of benzene rings is 9. The fraction of sp³-hybridized carbons (Fsp3) is 0.154.